The molecule has 0 heterocycles. The lowest BCUT2D eigenvalue weighted by Crippen LogP contribution is -2.47. The number of hydrogen-bond donors (Lipinski definition) is 2. The summed E-state index contributed by atoms with van der Waals surface area (Å²) in [6, 6.07) is 3.42. The maximum atomic E-state index is 14.6. The van der Waals surface area contributed by atoms with Crippen molar-refractivity contribution in [2.45, 2.75) is 110 Å². The van der Waals surface area contributed by atoms with Crippen molar-refractivity contribution in [3.63, 3.8) is 0 Å². The molecule has 1 aromatic rings. The molecule has 0 unspecified atom stereocenters. The molecular formula is C28H43F2NO4. The summed E-state index contributed by atoms with van der Waals surface area (Å²) in [5.41, 5.74) is -0.688. The summed E-state index contributed by atoms with van der Waals surface area (Å²) in [7, 11) is 0. The van der Waals surface area contributed by atoms with E-state index in [2.05, 4.69) is 12.2 Å². The Hall–Kier alpha value is -2.02. The maximum Gasteiger partial charge on any atom is 0.323 e. The number of nitrogens with one attached hydrogen (secondary N) is 1. The highest BCUT2D eigenvalue weighted by atomic mass is 19.2. The average molecular weight is 496 g/mol. The molecule has 0 atom stereocenters. The minimum Gasteiger partial charge on any atom is -0.480 e. The second-order valence-electron chi connectivity index (χ2n) is 9.82. The lowest BCUT2D eigenvalue weighted by Gasteiger charge is -2.35. The number of benzene rings is 1. The van der Waals surface area contributed by atoms with E-state index in [1.54, 1.807) is 19.1 Å². The Morgan fingerprint density at radius 3 is 2.03 bits per heavy atom. The molecule has 0 saturated heterocycles. The highest BCUT2D eigenvalue weighted by molar-refractivity contribution is 5.99. The van der Waals surface area contributed by atoms with Gasteiger partial charge in [-0.15, -0.1) is 0 Å². The molecule has 2 N–H and O–H groups in total. The summed E-state index contributed by atoms with van der Waals surface area (Å²) in [6.45, 7) is 4.46. The van der Waals surface area contributed by atoms with Crippen molar-refractivity contribution < 1.29 is 28.2 Å². The number of aryl methyl sites for hydroxylation is 1. The molecule has 1 aliphatic carbocycles. The first-order valence-corrected chi connectivity index (χ1v) is 13.5. The van der Waals surface area contributed by atoms with Gasteiger partial charge in [-0.1, -0.05) is 64.0 Å². The van der Waals surface area contributed by atoms with Gasteiger partial charge in [0.25, 0.3) is 0 Å². The number of esters is 1. The third-order valence-electron chi connectivity index (χ3n) is 7.28. The molecule has 1 fully saturated rings. The molecule has 0 aliphatic heterocycles. The van der Waals surface area contributed by atoms with E-state index in [1.165, 1.54) is 32.1 Å². The fourth-order valence-corrected chi connectivity index (χ4v) is 4.97. The van der Waals surface area contributed by atoms with E-state index < -0.39 is 29.0 Å². The number of halogens is 2. The topological polar surface area (TPSA) is 75.6 Å². The van der Waals surface area contributed by atoms with E-state index >= 15 is 0 Å². The lowest BCUT2D eigenvalue weighted by atomic mass is 9.72. The molecule has 0 aromatic heterocycles. The van der Waals surface area contributed by atoms with Crippen LogP contribution in [0.2, 0.25) is 0 Å². The Morgan fingerprint density at radius 1 is 0.943 bits per heavy atom. The summed E-state index contributed by atoms with van der Waals surface area (Å²) >= 11 is 0. The highest BCUT2D eigenvalue weighted by Crippen LogP contribution is 2.38. The Labute approximate surface area is 209 Å². The van der Waals surface area contributed by atoms with Gasteiger partial charge in [0.2, 0.25) is 0 Å². The Bertz CT molecular complexity index is 806. The molecule has 7 heteroatoms. The minimum absolute atomic E-state index is 0.0334. The zero-order valence-corrected chi connectivity index (χ0v) is 21.5. The van der Waals surface area contributed by atoms with Crippen LogP contribution in [-0.4, -0.2) is 36.2 Å². The van der Waals surface area contributed by atoms with E-state index in [0.717, 1.165) is 19.3 Å². The third kappa shape index (κ3) is 8.55. The smallest absolute Gasteiger partial charge is 0.323 e. The first-order valence-electron chi connectivity index (χ1n) is 13.5. The van der Waals surface area contributed by atoms with Crippen LogP contribution in [0, 0.1) is 17.0 Å². The molecule has 198 valence electrons. The van der Waals surface area contributed by atoms with Crippen molar-refractivity contribution in [3.05, 3.63) is 34.9 Å². The van der Waals surface area contributed by atoms with Gasteiger partial charge in [-0.25, -0.2) is 8.78 Å². The Kier molecular flexibility index (Phi) is 12.7. The van der Waals surface area contributed by atoms with Gasteiger partial charge in [-0.05, 0) is 69.5 Å². The van der Waals surface area contributed by atoms with Crippen molar-refractivity contribution in [3.8, 4) is 0 Å². The van der Waals surface area contributed by atoms with E-state index in [4.69, 9.17) is 4.74 Å². The van der Waals surface area contributed by atoms with Crippen LogP contribution in [0.25, 0.3) is 0 Å². The van der Waals surface area contributed by atoms with Crippen LogP contribution >= 0.6 is 0 Å². The first kappa shape index (κ1) is 29.2. The minimum atomic E-state index is -1.48. The van der Waals surface area contributed by atoms with Crippen LogP contribution in [0.3, 0.4) is 0 Å². The summed E-state index contributed by atoms with van der Waals surface area (Å²) in [4.78, 5) is 24.0. The summed E-state index contributed by atoms with van der Waals surface area (Å²) in [5.74, 6) is -3.31. The number of carbonyl (C=O) groups excluding carboxylic acids is 1. The molecule has 35 heavy (non-hydrogen) atoms. The van der Waals surface area contributed by atoms with Crippen LogP contribution in [0.5, 0.6) is 0 Å². The quantitative estimate of drug-likeness (QED) is 0.159. The Balaban J connectivity index is 1.75. The predicted molar refractivity (Wildman–Crippen MR) is 133 cm³/mol. The van der Waals surface area contributed by atoms with Gasteiger partial charge in [0.05, 0.1) is 6.61 Å². The first-order chi connectivity index (χ1) is 16.9. The molecule has 1 saturated carbocycles. The predicted octanol–water partition coefficient (Wildman–Crippen LogP) is 6.36. The molecule has 0 amide bonds. The standard InChI is InChI=1S/C28H43F2NO4/c1-3-5-6-7-8-9-10-11-12-21-13-14-22(25(30)24(21)29)17-20-31-23-15-18-28(19-16-23,26(32)33)27(34)35-4-2/h13-14,23,31H,3-12,15-20H2,1-2H3,(H,32,33). The van der Waals surface area contributed by atoms with Gasteiger partial charge < -0.3 is 15.2 Å². The second-order valence-corrected chi connectivity index (χ2v) is 9.82. The van der Waals surface area contributed by atoms with Gasteiger partial charge in [-0.3, -0.25) is 9.59 Å². The van der Waals surface area contributed by atoms with Crippen LogP contribution < -0.4 is 5.32 Å². The molecule has 0 bridgehead atoms. The van der Waals surface area contributed by atoms with Gasteiger partial charge in [0, 0.05) is 6.04 Å². The number of carboxylic acids is 1. The van der Waals surface area contributed by atoms with Crippen molar-refractivity contribution in [2.75, 3.05) is 13.2 Å². The van der Waals surface area contributed by atoms with Crippen LogP contribution in [0.15, 0.2) is 12.1 Å². The molecular weight excluding hydrogens is 452 g/mol. The second kappa shape index (κ2) is 15.2. The van der Waals surface area contributed by atoms with Crippen molar-refractivity contribution >= 4 is 11.9 Å². The zero-order chi connectivity index (χ0) is 25.7. The molecule has 0 spiro atoms. The van der Waals surface area contributed by atoms with Crippen LogP contribution in [0.1, 0.15) is 102 Å². The largest absolute Gasteiger partial charge is 0.480 e. The molecule has 1 aromatic carbocycles. The zero-order valence-electron chi connectivity index (χ0n) is 21.5. The Morgan fingerprint density at radius 2 is 1.49 bits per heavy atom. The number of aliphatic carboxylic acids is 1. The van der Waals surface area contributed by atoms with E-state index in [-0.39, 0.29) is 25.5 Å². The summed E-state index contributed by atoms with van der Waals surface area (Å²) in [6.07, 6.45) is 11.7. The normalized spacial score (nSPS) is 20.1. The van der Waals surface area contributed by atoms with Gasteiger partial charge >= 0.3 is 11.9 Å². The van der Waals surface area contributed by atoms with E-state index in [9.17, 15) is 23.5 Å². The monoisotopic (exact) mass is 495 g/mol. The SMILES string of the molecule is CCCCCCCCCCc1ccc(CCNC2CCC(C(=O)O)(C(=O)OCC)CC2)c(F)c1F. The molecule has 5 nitrogen and oxygen atoms in total. The fraction of sp³-hybridized carbons (Fsp3) is 0.714. The molecule has 2 rings (SSSR count). The fourth-order valence-electron chi connectivity index (χ4n) is 4.97. The number of rotatable bonds is 16. The van der Waals surface area contributed by atoms with Crippen molar-refractivity contribution in [2.24, 2.45) is 5.41 Å². The highest BCUT2D eigenvalue weighted by Gasteiger charge is 2.49. The van der Waals surface area contributed by atoms with Gasteiger partial charge in [0.15, 0.2) is 17.0 Å². The van der Waals surface area contributed by atoms with Gasteiger partial charge in [0.1, 0.15) is 0 Å². The number of ether oxygens (including phenoxy) is 1. The van der Waals surface area contributed by atoms with Crippen molar-refractivity contribution in [1.82, 2.24) is 5.32 Å². The molecule has 0 radical (unpaired) electrons. The number of carbonyl (C=O) groups is 2. The molecule has 1 aliphatic rings. The number of carboxylic acid groups (broad SMARTS) is 1. The average Bonchev–Trinajstić information content (AvgIpc) is 2.85. The van der Waals surface area contributed by atoms with Crippen molar-refractivity contribution in [1.29, 1.82) is 0 Å². The summed E-state index contributed by atoms with van der Waals surface area (Å²) < 4.78 is 34.2. The number of hydrogen-bond acceptors (Lipinski definition) is 4. The van der Waals surface area contributed by atoms with E-state index in [0.29, 0.717) is 43.4 Å². The van der Waals surface area contributed by atoms with Gasteiger partial charge in [-0.2, -0.15) is 0 Å². The lowest BCUT2D eigenvalue weighted by molar-refractivity contribution is -0.171. The van der Waals surface area contributed by atoms with Crippen LogP contribution in [0.4, 0.5) is 8.78 Å². The third-order valence-corrected chi connectivity index (χ3v) is 7.28. The number of unbranched alkanes of at least 4 members (excludes halogenated alkanes) is 7. The van der Waals surface area contributed by atoms with E-state index in [1.807, 2.05) is 0 Å². The summed E-state index contributed by atoms with van der Waals surface area (Å²) in [5, 5.41) is 12.9. The maximum absolute atomic E-state index is 14.6. The van der Waals surface area contributed by atoms with Crippen LogP contribution in [-0.2, 0) is 27.2 Å².